The zero-order chi connectivity index (χ0) is 63.2. The molecule has 0 bridgehead atoms. The number of benzene rings is 12. The summed E-state index contributed by atoms with van der Waals surface area (Å²) in [5.41, 5.74) is 36.2. The lowest BCUT2D eigenvalue weighted by Gasteiger charge is -2.33. The number of hydrogen-bond acceptors (Lipinski definition) is 0. The summed E-state index contributed by atoms with van der Waals surface area (Å²) in [5, 5.41) is 5.77. The lowest BCUT2D eigenvalue weighted by molar-refractivity contribution is 0.680. The van der Waals surface area contributed by atoms with Crippen molar-refractivity contribution in [2.45, 2.75) is 129 Å². The molecule has 0 unspecified atom stereocenters. The Hall–Kier alpha value is -8.50. The maximum absolute atomic E-state index is 2.64. The average Bonchev–Trinajstić information content (AvgIpc) is 0.740. The van der Waals surface area contributed by atoms with Gasteiger partial charge in [-0.2, -0.15) is 0 Å². The van der Waals surface area contributed by atoms with Crippen LogP contribution in [0.1, 0.15) is 118 Å². The van der Waals surface area contributed by atoms with Crippen LogP contribution in [0.3, 0.4) is 0 Å². The minimum absolute atomic E-state index is 0.711. The first kappa shape index (κ1) is 61.7. The second-order valence-electron chi connectivity index (χ2n) is 26.8. The Morgan fingerprint density at radius 3 is 0.713 bits per heavy atom. The van der Waals surface area contributed by atoms with Crippen molar-refractivity contribution < 1.29 is 0 Å². The van der Waals surface area contributed by atoms with Gasteiger partial charge in [0.2, 0.25) is 0 Å². The van der Waals surface area contributed by atoms with Gasteiger partial charge in [-0.3, -0.25) is 0 Å². The van der Waals surface area contributed by atoms with Gasteiger partial charge in [-0.15, -0.1) is 0 Å². The highest BCUT2D eigenvalue weighted by molar-refractivity contribution is 7.72. The van der Waals surface area contributed by atoms with Gasteiger partial charge < -0.3 is 0 Å². The van der Waals surface area contributed by atoms with Crippen LogP contribution in [0.15, 0.2) is 267 Å². The maximum atomic E-state index is 2.64. The van der Waals surface area contributed by atoms with Crippen molar-refractivity contribution >= 4 is 37.1 Å². The van der Waals surface area contributed by atoms with E-state index in [0.29, 0.717) is 0 Å². The van der Waals surface area contributed by atoms with Gasteiger partial charge in [0.15, 0.2) is 0 Å². The van der Waals surface area contributed by atoms with E-state index in [4.69, 9.17) is 0 Å². The molecule has 2 heteroatoms. The van der Waals surface area contributed by atoms with E-state index in [1.807, 2.05) is 0 Å². The van der Waals surface area contributed by atoms with Gasteiger partial charge in [-0.25, -0.2) is 0 Å². The summed E-state index contributed by atoms with van der Waals surface area (Å²) in [6.07, 6.45) is 21.6. The van der Waals surface area contributed by atoms with E-state index < -0.39 is 15.8 Å². The molecule has 0 spiro atoms. The molecule has 12 aromatic rings. The van der Waals surface area contributed by atoms with Gasteiger partial charge in [0.05, 0.1) is 0 Å². The van der Waals surface area contributed by atoms with Crippen molar-refractivity contribution in [2.24, 2.45) is 0 Å². The highest BCUT2D eigenvalue weighted by atomic mass is 31.1. The van der Waals surface area contributed by atoms with Crippen LogP contribution in [0.5, 0.6) is 0 Å². The van der Waals surface area contributed by atoms with Crippen molar-refractivity contribution in [1.29, 1.82) is 0 Å². The molecule has 0 N–H and O–H groups in total. The summed E-state index contributed by atoms with van der Waals surface area (Å²) in [6.45, 7) is 4.77. The lowest BCUT2D eigenvalue weighted by Crippen LogP contribution is -2.18. The SMILES string of the molecule is Cc1c(-c2ccccc2)cc2c(c1-c1c(C)c(-c3ccccc3)cc3c1CCCC3)CCCC2.c1ccc(-c2cc3c(c(-c4c5c(cc(-c6ccccc6)c4CP(c4ccccc4)c4ccccc4)CCCC5)c2CP(c2ccccc2)c2ccccc2)CCCC3)cc1. The third-order valence-corrected chi connectivity index (χ3v) is 26.0. The molecule has 0 atom stereocenters. The van der Waals surface area contributed by atoms with Gasteiger partial charge >= 0.3 is 0 Å². The molecule has 0 fully saturated rings. The van der Waals surface area contributed by atoms with Crippen LogP contribution in [-0.4, -0.2) is 0 Å². The van der Waals surface area contributed by atoms with Crippen molar-refractivity contribution in [3.63, 3.8) is 0 Å². The van der Waals surface area contributed by atoms with E-state index >= 15 is 0 Å². The van der Waals surface area contributed by atoms with Gasteiger partial charge in [0.1, 0.15) is 0 Å². The fourth-order valence-corrected chi connectivity index (χ4v) is 21.3. The molecule has 0 aromatic heterocycles. The number of rotatable bonds is 14. The van der Waals surface area contributed by atoms with Crippen molar-refractivity contribution in [3.05, 3.63) is 334 Å². The standard InChI is InChI=1S/C58H52P2.C34H34/c1-7-23-43(24-8-1)53-39-45-27-19-21-37-51(45)57(55(53)41-59(47-29-11-3-12-30-47)48-31-13-4-14-32-48)58-52-38-22-20-28-46(52)40-54(44-25-9-2-10-26-44)56(58)42-60(49-33-15-5-16-34-49)50-35-17-6-18-36-50;1-23-31(25-13-5-3-6-14-25)21-27-17-9-11-19-29(27)33(23)34-24(2)32(26-15-7-4-8-16-26)22-28-18-10-12-20-30(28)34/h1-18,23-26,29-36,39-40H,19-22,27-28,37-38,41-42H2;3-8,13-16,21-22H,9-12,17-20H2,1-2H3. The Morgan fingerprint density at radius 1 is 0.234 bits per heavy atom. The van der Waals surface area contributed by atoms with E-state index in [9.17, 15) is 0 Å². The topological polar surface area (TPSA) is 0 Å². The summed E-state index contributed by atoms with van der Waals surface area (Å²) in [5.74, 6) is 0. The Kier molecular flexibility index (Phi) is 18.8. The third-order valence-electron chi connectivity index (χ3n) is 21.1. The summed E-state index contributed by atoms with van der Waals surface area (Å²) >= 11 is 0. The summed E-state index contributed by atoms with van der Waals surface area (Å²) < 4.78 is 0. The molecule has 0 saturated carbocycles. The van der Waals surface area contributed by atoms with Crippen molar-refractivity contribution in [2.75, 3.05) is 0 Å². The van der Waals surface area contributed by atoms with E-state index in [1.54, 1.807) is 77.9 Å². The van der Waals surface area contributed by atoms with Crippen molar-refractivity contribution in [1.82, 2.24) is 0 Å². The summed E-state index contributed by atoms with van der Waals surface area (Å²) in [4.78, 5) is 0. The Labute approximate surface area is 562 Å². The van der Waals surface area contributed by atoms with Crippen molar-refractivity contribution in [3.8, 4) is 66.8 Å². The second-order valence-corrected chi connectivity index (χ2v) is 31.2. The molecule has 0 aliphatic heterocycles. The molecule has 0 nitrogen and oxygen atoms in total. The average molecular weight is 1250 g/mol. The van der Waals surface area contributed by atoms with Crippen LogP contribution in [-0.2, 0) is 63.7 Å². The van der Waals surface area contributed by atoms with Crippen LogP contribution >= 0.6 is 15.8 Å². The molecule has 0 heterocycles. The van der Waals surface area contributed by atoms with E-state index in [2.05, 4.69) is 281 Å². The van der Waals surface area contributed by atoms with Crippen LogP contribution in [0.25, 0.3) is 66.8 Å². The fourth-order valence-electron chi connectivity index (χ4n) is 16.5. The van der Waals surface area contributed by atoms with E-state index in [1.165, 1.54) is 154 Å². The van der Waals surface area contributed by atoms with Crippen LogP contribution in [0.4, 0.5) is 0 Å². The molecule has 0 radical (unpaired) electrons. The Morgan fingerprint density at radius 2 is 0.447 bits per heavy atom. The molecule has 12 aromatic carbocycles. The van der Waals surface area contributed by atoms with Crippen LogP contribution < -0.4 is 21.2 Å². The van der Waals surface area contributed by atoms with Gasteiger partial charge in [-0.1, -0.05) is 267 Å². The van der Waals surface area contributed by atoms with Crippen LogP contribution in [0.2, 0.25) is 0 Å². The molecule has 16 rings (SSSR count). The Balaban J connectivity index is 0.000000181. The zero-order valence-electron chi connectivity index (χ0n) is 55.0. The lowest BCUT2D eigenvalue weighted by atomic mass is 9.74. The summed E-state index contributed by atoms with van der Waals surface area (Å²) in [6, 6.07) is 101. The maximum Gasteiger partial charge on any atom is 0.00199 e. The fraction of sp³-hybridized carbons (Fsp3) is 0.217. The number of aryl methyl sites for hydroxylation is 4. The van der Waals surface area contributed by atoms with E-state index in [0.717, 1.165) is 38.0 Å². The number of hydrogen-bond donors (Lipinski definition) is 0. The van der Waals surface area contributed by atoms with E-state index in [-0.39, 0.29) is 0 Å². The predicted octanol–water partition coefficient (Wildman–Crippen LogP) is 22.8. The first-order valence-corrected chi connectivity index (χ1v) is 38.2. The minimum atomic E-state index is -0.711. The zero-order valence-corrected chi connectivity index (χ0v) is 56.8. The smallest absolute Gasteiger partial charge is 0.00199 e. The first-order chi connectivity index (χ1) is 46.5. The predicted molar refractivity (Wildman–Crippen MR) is 407 cm³/mol. The highest BCUT2D eigenvalue weighted by Crippen LogP contribution is 2.54. The van der Waals surface area contributed by atoms with Gasteiger partial charge in [-0.05, 0) is 287 Å². The number of fused-ring (bicyclic) bond motifs is 4. The molecule has 4 aliphatic carbocycles. The molecule has 0 saturated heterocycles. The molecule has 4 aliphatic rings. The normalized spacial score (nSPS) is 14.1. The third kappa shape index (κ3) is 12.7. The Bertz CT molecular complexity index is 4200. The van der Waals surface area contributed by atoms with Gasteiger partial charge in [0, 0.05) is 12.3 Å². The molecular weight excluding hydrogens is 1170 g/mol. The summed E-state index contributed by atoms with van der Waals surface area (Å²) in [7, 11) is -1.42. The second kappa shape index (κ2) is 28.6. The first-order valence-electron chi connectivity index (χ1n) is 35.2. The molecule has 0 amide bonds. The largest absolute Gasteiger partial charge is 0.0622 e. The highest BCUT2D eigenvalue weighted by Gasteiger charge is 2.33. The molecule has 94 heavy (non-hydrogen) atoms. The van der Waals surface area contributed by atoms with Crippen LogP contribution in [0, 0.1) is 13.8 Å². The molecular formula is C92H86P2. The minimum Gasteiger partial charge on any atom is -0.0622 e. The monoisotopic (exact) mass is 1250 g/mol. The quantitative estimate of drug-likeness (QED) is 0.0952. The van der Waals surface area contributed by atoms with Gasteiger partial charge in [0.25, 0.3) is 0 Å². The molecule has 464 valence electrons.